The van der Waals surface area contributed by atoms with E-state index in [1.54, 1.807) is 11.9 Å². The molecule has 0 unspecified atom stereocenters. The van der Waals surface area contributed by atoms with Crippen molar-refractivity contribution in [2.75, 3.05) is 0 Å². The molecule has 0 saturated carbocycles. The van der Waals surface area contributed by atoms with Gasteiger partial charge in [0.1, 0.15) is 0 Å². The summed E-state index contributed by atoms with van der Waals surface area (Å²) in [5.41, 5.74) is 3.51. The maximum Gasteiger partial charge on any atom is 0.0818 e. The Morgan fingerprint density at radius 1 is 1.28 bits per heavy atom. The van der Waals surface area contributed by atoms with E-state index >= 15 is 0 Å². The molecule has 18 heavy (non-hydrogen) atoms. The highest BCUT2D eigenvalue weighted by molar-refractivity contribution is 7.97. The van der Waals surface area contributed by atoms with E-state index in [1.807, 2.05) is 10.3 Å². The Balaban J connectivity index is 1.66. The van der Waals surface area contributed by atoms with Crippen LogP contribution in [-0.2, 0) is 13.1 Å². The molecule has 90 valence electrons. The van der Waals surface area contributed by atoms with Gasteiger partial charge in [-0.3, -0.25) is 5.10 Å². The standard InChI is InChI=1S/C12H11N5S/c1-2-10(3-11-8(1)5-14-15-11)18-17-7-9-4-13-6-12(9)16-17/h1-3,5,7,13H,4,6H2,(H,14,15). The molecule has 4 rings (SSSR count). The van der Waals surface area contributed by atoms with E-state index in [-0.39, 0.29) is 0 Å². The van der Waals surface area contributed by atoms with Crippen LogP contribution in [0, 0.1) is 0 Å². The Labute approximate surface area is 108 Å². The number of benzene rings is 1. The zero-order valence-corrected chi connectivity index (χ0v) is 10.4. The van der Waals surface area contributed by atoms with Crippen LogP contribution in [0.1, 0.15) is 11.3 Å². The van der Waals surface area contributed by atoms with Crippen molar-refractivity contribution in [1.29, 1.82) is 0 Å². The third-order valence-electron chi connectivity index (χ3n) is 3.08. The van der Waals surface area contributed by atoms with Gasteiger partial charge in [0.2, 0.25) is 0 Å². The van der Waals surface area contributed by atoms with E-state index in [0.29, 0.717) is 0 Å². The second kappa shape index (κ2) is 3.86. The SMILES string of the molecule is c1cc2cn[nH]c2cc1Sn1cc2c(n1)CNC2. The van der Waals surface area contributed by atoms with Crippen molar-refractivity contribution in [3.05, 3.63) is 41.9 Å². The first kappa shape index (κ1) is 10.2. The molecule has 0 saturated heterocycles. The predicted molar refractivity (Wildman–Crippen MR) is 70.1 cm³/mol. The number of fused-ring (bicyclic) bond motifs is 2. The number of nitrogens with zero attached hydrogens (tertiary/aromatic N) is 3. The number of hydrogen-bond donors (Lipinski definition) is 2. The number of rotatable bonds is 2. The van der Waals surface area contributed by atoms with Crippen LogP contribution in [0.4, 0.5) is 0 Å². The van der Waals surface area contributed by atoms with E-state index in [0.717, 1.165) is 34.6 Å². The molecule has 2 N–H and O–H groups in total. The zero-order chi connectivity index (χ0) is 11.9. The monoisotopic (exact) mass is 257 g/mol. The number of hydrogen-bond acceptors (Lipinski definition) is 4. The normalized spacial score (nSPS) is 14.2. The number of aromatic amines is 1. The lowest BCUT2D eigenvalue weighted by Gasteiger charge is -2.01. The van der Waals surface area contributed by atoms with E-state index in [4.69, 9.17) is 0 Å². The molecule has 0 spiro atoms. The van der Waals surface area contributed by atoms with Gasteiger partial charge in [0.15, 0.2) is 0 Å². The van der Waals surface area contributed by atoms with Crippen LogP contribution in [-0.4, -0.2) is 19.4 Å². The maximum atomic E-state index is 4.55. The first-order valence-corrected chi connectivity index (χ1v) is 6.55. The van der Waals surface area contributed by atoms with Crippen molar-refractivity contribution >= 4 is 22.9 Å². The van der Waals surface area contributed by atoms with E-state index in [2.05, 4.69) is 45.0 Å². The van der Waals surface area contributed by atoms with Gasteiger partial charge in [0, 0.05) is 47.1 Å². The van der Waals surface area contributed by atoms with Crippen molar-refractivity contribution in [2.45, 2.75) is 18.0 Å². The lowest BCUT2D eigenvalue weighted by atomic mass is 10.3. The summed E-state index contributed by atoms with van der Waals surface area (Å²) in [4.78, 5) is 1.15. The van der Waals surface area contributed by atoms with Crippen LogP contribution in [0.2, 0.25) is 0 Å². The average molecular weight is 257 g/mol. The summed E-state index contributed by atoms with van der Waals surface area (Å²) in [5.74, 6) is 0. The van der Waals surface area contributed by atoms with Crippen LogP contribution in [0.3, 0.4) is 0 Å². The van der Waals surface area contributed by atoms with Crippen LogP contribution < -0.4 is 5.32 Å². The van der Waals surface area contributed by atoms with Crippen molar-refractivity contribution in [3.63, 3.8) is 0 Å². The van der Waals surface area contributed by atoms with Crippen LogP contribution in [0.15, 0.2) is 35.5 Å². The summed E-state index contributed by atoms with van der Waals surface area (Å²) in [5, 5.41) is 16.0. The van der Waals surface area contributed by atoms with Gasteiger partial charge >= 0.3 is 0 Å². The fraction of sp³-hybridized carbons (Fsp3) is 0.167. The molecule has 0 amide bonds. The van der Waals surface area contributed by atoms with Gasteiger partial charge in [-0.05, 0) is 12.1 Å². The van der Waals surface area contributed by atoms with Crippen LogP contribution >= 0.6 is 11.9 Å². The summed E-state index contributed by atoms with van der Waals surface area (Å²) in [6.45, 7) is 1.80. The largest absolute Gasteiger partial charge is 0.307 e. The second-order valence-corrected chi connectivity index (χ2v) is 5.35. The molecule has 0 aliphatic carbocycles. The second-order valence-electron chi connectivity index (χ2n) is 4.32. The van der Waals surface area contributed by atoms with Gasteiger partial charge in [-0.15, -0.1) is 0 Å². The summed E-state index contributed by atoms with van der Waals surface area (Å²) in [6, 6.07) is 6.26. The Hall–Kier alpha value is -1.79. The predicted octanol–water partition coefficient (Wildman–Crippen LogP) is 1.92. The molecule has 1 aliphatic rings. The fourth-order valence-corrected chi connectivity index (χ4v) is 2.99. The lowest BCUT2D eigenvalue weighted by Crippen LogP contribution is -2.03. The average Bonchev–Trinajstić information content (AvgIpc) is 3.02. The van der Waals surface area contributed by atoms with Gasteiger partial charge in [-0.1, -0.05) is 6.07 Å². The lowest BCUT2D eigenvalue weighted by molar-refractivity contribution is 0.736. The summed E-state index contributed by atoms with van der Waals surface area (Å²) in [7, 11) is 0. The van der Waals surface area contributed by atoms with Gasteiger partial charge in [-0.25, -0.2) is 4.09 Å². The Bertz CT molecular complexity index is 693. The third kappa shape index (κ3) is 1.61. The Kier molecular flexibility index (Phi) is 2.18. The molecule has 0 radical (unpaired) electrons. The molecular weight excluding hydrogens is 246 g/mol. The van der Waals surface area contributed by atoms with Gasteiger partial charge < -0.3 is 5.32 Å². The van der Waals surface area contributed by atoms with Gasteiger partial charge in [0.25, 0.3) is 0 Å². The third-order valence-corrected chi connectivity index (χ3v) is 3.92. The highest BCUT2D eigenvalue weighted by Crippen LogP contribution is 2.25. The molecule has 3 heterocycles. The van der Waals surface area contributed by atoms with E-state index in [9.17, 15) is 0 Å². The molecule has 0 atom stereocenters. The van der Waals surface area contributed by atoms with E-state index < -0.39 is 0 Å². The van der Waals surface area contributed by atoms with Crippen molar-refractivity contribution in [3.8, 4) is 0 Å². The molecule has 0 fully saturated rings. The minimum absolute atomic E-state index is 0.877. The summed E-state index contributed by atoms with van der Waals surface area (Å²) >= 11 is 1.62. The van der Waals surface area contributed by atoms with Crippen molar-refractivity contribution in [2.24, 2.45) is 0 Å². The first-order valence-electron chi connectivity index (χ1n) is 5.78. The number of nitrogens with one attached hydrogen (secondary N) is 2. The molecule has 5 nitrogen and oxygen atoms in total. The molecule has 1 aromatic carbocycles. The minimum atomic E-state index is 0.877. The van der Waals surface area contributed by atoms with Crippen molar-refractivity contribution in [1.82, 2.24) is 24.7 Å². The molecular formula is C12H11N5S. The van der Waals surface area contributed by atoms with Crippen LogP contribution in [0.25, 0.3) is 10.9 Å². The zero-order valence-electron chi connectivity index (χ0n) is 9.55. The van der Waals surface area contributed by atoms with E-state index in [1.165, 1.54) is 5.56 Å². The maximum absolute atomic E-state index is 4.55. The van der Waals surface area contributed by atoms with Crippen LogP contribution in [0.5, 0.6) is 0 Å². The molecule has 2 aromatic heterocycles. The smallest absolute Gasteiger partial charge is 0.0818 e. The van der Waals surface area contributed by atoms with Gasteiger partial charge in [0.05, 0.1) is 17.4 Å². The van der Waals surface area contributed by atoms with Gasteiger partial charge in [-0.2, -0.15) is 10.2 Å². The summed E-state index contributed by atoms with van der Waals surface area (Å²) in [6.07, 6.45) is 3.93. The summed E-state index contributed by atoms with van der Waals surface area (Å²) < 4.78 is 1.93. The molecule has 1 aliphatic heterocycles. The quantitative estimate of drug-likeness (QED) is 0.736. The topological polar surface area (TPSA) is 58.5 Å². The molecule has 6 heteroatoms. The Morgan fingerprint density at radius 2 is 2.28 bits per heavy atom. The molecule has 0 bridgehead atoms. The number of H-pyrrole nitrogens is 1. The first-order chi connectivity index (χ1) is 8.88. The highest BCUT2D eigenvalue weighted by Gasteiger charge is 2.14. The minimum Gasteiger partial charge on any atom is -0.307 e. The van der Waals surface area contributed by atoms with Crippen molar-refractivity contribution < 1.29 is 0 Å². The Morgan fingerprint density at radius 3 is 3.22 bits per heavy atom. The number of aromatic nitrogens is 4. The molecule has 3 aromatic rings. The fourth-order valence-electron chi connectivity index (χ4n) is 2.16. The highest BCUT2D eigenvalue weighted by atomic mass is 32.2.